The lowest BCUT2D eigenvalue weighted by Crippen LogP contribution is -2.48. The first-order chi connectivity index (χ1) is 27.0. The van der Waals surface area contributed by atoms with Crippen molar-refractivity contribution in [2.75, 3.05) is 6.54 Å². The third-order valence-corrected chi connectivity index (χ3v) is 10.6. The molecular formula is C49H84N2O4. The number of carbonyl (C=O) groups is 3. The molecule has 1 atom stereocenters. The monoisotopic (exact) mass is 765 g/mol. The van der Waals surface area contributed by atoms with Gasteiger partial charge in [0, 0.05) is 6.42 Å². The van der Waals surface area contributed by atoms with E-state index in [-0.39, 0.29) is 18.9 Å². The van der Waals surface area contributed by atoms with Crippen LogP contribution >= 0.6 is 0 Å². The van der Waals surface area contributed by atoms with Crippen LogP contribution in [0, 0.1) is 0 Å². The van der Waals surface area contributed by atoms with E-state index in [2.05, 4.69) is 26.0 Å². The number of nitrogens with two attached hydrogens (primary N) is 1. The number of esters is 1. The minimum absolute atomic E-state index is 0.104. The van der Waals surface area contributed by atoms with Gasteiger partial charge in [-0.3, -0.25) is 14.5 Å². The van der Waals surface area contributed by atoms with Gasteiger partial charge in [-0.2, -0.15) is 0 Å². The third kappa shape index (κ3) is 29.2. The lowest BCUT2D eigenvalue weighted by atomic mass is 10.0. The summed E-state index contributed by atoms with van der Waals surface area (Å²) in [6.45, 7) is 5.12. The highest BCUT2D eigenvalue weighted by Gasteiger charge is 2.34. The van der Waals surface area contributed by atoms with E-state index in [0.29, 0.717) is 32.2 Å². The molecule has 1 rings (SSSR count). The molecule has 0 unspecified atom stereocenters. The molecule has 0 aliphatic rings. The summed E-state index contributed by atoms with van der Waals surface area (Å²) < 4.78 is 5.72. The number of unbranched alkanes of at least 4 members (excludes halogenated alkanes) is 25. The van der Waals surface area contributed by atoms with Crippen LogP contribution in [-0.2, 0) is 25.7 Å². The number of nitrogens with zero attached hydrogens (tertiary/aromatic N) is 1. The van der Waals surface area contributed by atoms with E-state index in [4.69, 9.17) is 10.5 Å². The van der Waals surface area contributed by atoms with E-state index in [1.165, 1.54) is 127 Å². The van der Waals surface area contributed by atoms with Gasteiger partial charge in [0.15, 0.2) is 0 Å². The van der Waals surface area contributed by atoms with Crippen LogP contribution in [0.25, 0.3) is 0 Å². The first-order valence-corrected chi connectivity index (χ1v) is 23.1. The molecule has 0 heterocycles. The van der Waals surface area contributed by atoms with Crippen LogP contribution < -0.4 is 5.73 Å². The van der Waals surface area contributed by atoms with Crippen molar-refractivity contribution in [3.63, 3.8) is 0 Å². The smallest absolute Gasteiger partial charge is 0.329 e. The van der Waals surface area contributed by atoms with Crippen molar-refractivity contribution in [2.45, 2.75) is 226 Å². The number of carbonyl (C=O) groups excluding carboxylic acids is 3. The Bertz CT molecular complexity index is 1100. The molecular weight excluding hydrogens is 681 g/mol. The molecule has 0 fully saturated rings. The number of amides is 2. The van der Waals surface area contributed by atoms with Gasteiger partial charge in [-0.15, -0.1) is 0 Å². The molecule has 6 nitrogen and oxygen atoms in total. The van der Waals surface area contributed by atoms with Gasteiger partial charge in [0.25, 0.3) is 5.91 Å². The molecule has 0 saturated carbocycles. The van der Waals surface area contributed by atoms with E-state index in [1.54, 1.807) is 0 Å². The van der Waals surface area contributed by atoms with Gasteiger partial charge >= 0.3 is 5.97 Å². The molecule has 0 aliphatic carbocycles. The second-order valence-electron chi connectivity index (χ2n) is 15.8. The van der Waals surface area contributed by atoms with Crippen LogP contribution in [-0.4, -0.2) is 35.3 Å². The number of ether oxygens (including phenoxy) is 1. The van der Waals surface area contributed by atoms with Crippen molar-refractivity contribution in [2.24, 2.45) is 5.73 Å². The minimum Gasteiger partial charge on any atom is -0.459 e. The summed E-state index contributed by atoms with van der Waals surface area (Å²) in [4.78, 5) is 42.2. The molecule has 0 radical (unpaired) electrons. The molecule has 6 heteroatoms. The van der Waals surface area contributed by atoms with E-state index < -0.39 is 17.9 Å². The Morgan fingerprint density at radius 1 is 0.582 bits per heavy atom. The summed E-state index contributed by atoms with van der Waals surface area (Å²) in [6, 6.07) is 8.56. The number of rotatable bonds is 38. The lowest BCUT2D eigenvalue weighted by molar-refractivity contribution is -0.161. The Kier molecular flexibility index (Phi) is 34.9. The van der Waals surface area contributed by atoms with Gasteiger partial charge in [-0.05, 0) is 82.4 Å². The van der Waals surface area contributed by atoms with Gasteiger partial charge < -0.3 is 10.5 Å². The Morgan fingerprint density at radius 3 is 1.53 bits per heavy atom. The van der Waals surface area contributed by atoms with Crippen molar-refractivity contribution in [3.05, 3.63) is 60.2 Å². The number of benzene rings is 1. The maximum Gasteiger partial charge on any atom is 0.329 e. The fourth-order valence-corrected chi connectivity index (χ4v) is 7.12. The van der Waals surface area contributed by atoms with Crippen molar-refractivity contribution in [1.82, 2.24) is 4.90 Å². The van der Waals surface area contributed by atoms with E-state index in [0.717, 1.165) is 56.9 Å². The number of imide groups is 1. The van der Waals surface area contributed by atoms with Crippen molar-refractivity contribution < 1.29 is 19.1 Å². The zero-order valence-corrected chi connectivity index (χ0v) is 35.8. The average molecular weight is 765 g/mol. The summed E-state index contributed by atoms with van der Waals surface area (Å²) in [5.41, 5.74) is 6.65. The zero-order chi connectivity index (χ0) is 39.9. The van der Waals surface area contributed by atoms with Gasteiger partial charge in [0.1, 0.15) is 12.6 Å². The molecule has 0 saturated heterocycles. The fraction of sp³-hybridized carbons (Fsp3) is 0.735. The van der Waals surface area contributed by atoms with Crippen LogP contribution in [0.2, 0.25) is 0 Å². The Morgan fingerprint density at radius 2 is 1.04 bits per heavy atom. The lowest BCUT2D eigenvalue weighted by Gasteiger charge is -2.28. The molecule has 0 aromatic heterocycles. The average Bonchev–Trinajstić information content (AvgIpc) is 3.19. The molecule has 1 aromatic rings. The van der Waals surface area contributed by atoms with Crippen LogP contribution in [0.15, 0.2) is 54.6 Å². The minimum atomic E-state index is -0.959. The number of hydrogen-bond acceptors (Lipinski definition) is 5. The van der Waals surface area contributed by atoms with Crippen LogP contribution in [0.5, 0.6) is 0 Å². The van der Waals surface area contributed by atoms with Crippen LogP contribution in [0.4, 0.5) is 0 Å². The molecule has 2 amide bonds. The molecule has 55 heavy (non-hydrogen) atoms. The van der Waals surface area contributed by atoms with Crippen LogP contribution in [0.1, 0.15) is 218 Å². The topological polar surface area (TPSA) is 89.7 Å². The molecule has 1 aromatic carbocycles. The zero-order valence-electron chi connectivity index (χ0n) is 35.8. The summed E-state index contributed by atoms with van der Waals surface area (Å²) in [6.07, 6.45) is 43.0. The molecule has 314 valence electrons. The first kappa shape index (κ1) is 50.3. The first-order valence-electron chi connectivity index (χ1n) is 23.1. The maximum absolute atomic E-state index is 13.8. The predicted molar refractivity (Wildman–Crippen MR) is 234 cm³/mol. The second kappa shape index (κ2) is 38.2. The maximum atomic E-state index is 13.8. The largest absolute Gasteiger partial charge is 0.459 e. The van der Waals surface area contributed by atoms with Crippen molar-refractivity contribution >= 4 is 17.8 Å². The van der Waals surface area contributed by atoms with E-state index in [9.17, 15) is 14.4 Å². The summed E-state index contributed by atoms with van der Waals surface area (Å²) in [5.74, 6) is -1.23. The summed E-state index contributed by atoms with van der Waals surface area (Å²) >= 11 is 0. The quantitative estimate of drug-likeness (QED) is 0.0313. The van der Waals surface area contributed by atoms with Gasteiger partial charge in [0.05, 0.1) is 0 Å². The van der Waals surface area contributed by atoms with Crippen molar-refractivity contribution in [3.8, 4) is 0 Å². The van der Waals surface area contributed by atoms with E-state index >= 15 is 0 Å². The van der Waals surface area contributed by atoms with Crippen LogP contribution in [0.3, 0.4) is 0 Å². The molecule has 0 bridgehead atoms. The van der Waals surface area contributed by atoms with Gasteiger partial charge in [-0.1, -0.05) is 191 Å². The normalized spacial score (nSPS) is 12.1. The second-order valence-corrected chi connectivity index (χ2v) is 15.8. The SMILES string of the molecule is CCCCCCCC/C=C\CCCCCCCC(=O)N(C(=O)C=CCCCCCCCCCCCCCCC)[C@@H](CCCCN)C(=O)OCc1ccccc1. The summed E-state index contributed by atoms with van der Waals surface area (Å²) in [7, 11) is 0. The highest BCUT2D eigenvalue weighted by Crippen LogP contribution is 2.19. The summed E-state index contributed by atoms with van der Waals surface area (Å²) in [5, 5.41) is 0. The Hall–Kier alpha value is -2.73. The molecule has 0 aliphatic heterocycles. The standard InChI is InChI=1S/C49H84N2O4/c1-3-5-7-9-11-13-15-17-19-21-23-25-27-29-34-41-47(52)51(46(40-36-37-43-50)49(54)55-44-45-38-32-31-33-39-45)48(53)42-35-30-28-26-24-22-20-18-16-14-12-10-8-6-4-2/h17,19,31-33,35,38-39,42,46H,3-16,18,20-30,34,36-37,40-41,43-44,50H2,1-2H3/b19-17-,42-35?/t46-/m0/s1. The van der Waals surface area contributed by atoms with Gasteiger partial charge in [0.2, 0.25) is 5.91 Å². The molecule has 0 spiro atoms. The van der Waals surface area contributed by atoms with E-state index in [1.807, 2.05) is 36.4 Å². The van der Waals surface area contributed by atoms with Crippen molar-refractivity contribution in [1.29, 1.82) is 0 Å². The molecule has 2 N–H and O–H groups in total. The fourth-order valence-electron chi connectivity index (χ4n) is 7.12. The third-order valence-electron chi connectivity index (χ3n) is 10.6. The highest BCUT2D eigenvalue weighted by atomic mass is 16.5. The number of hydrogen-bond donors (Lipinski definition) is 1. The highest BCUT2D eigenvalue weighted by molar-refractivity contribution is 6.04. The Labute approximate surface area is 338 Å². The predicted octanol–water partition coefficient (Wildman–Crippen LogP) is 13.7. The van der Waals surface area contributed by atoms with Gasteiger partial charge in [-0.25, -0.2) is 4.79 Å². The Balaban J connectivity index is 2.62. The number of allylic oxidation sites excluding steroid dienone is 3.